The van der Waals surface area contributed by atoms with Crippen LogP contribution in [0, 0.1) is 11.8 Å². The van der Waals surface area contributed by atoms with Crippen LogP contribution in [0.1, 0.15) is 45.6 Å². The van der Waals surface area contributed by atoms with Gasteiger partial charge in [0.05, 0.1) is 0 Å². The molecule has 0 aromatic heterocycles. The third kappa shape index (κ3) is 5.78. The largest absolute Gasteiger partial charge is 0.444 e. The van der Waals surface area contributed by atoms with Gasteiger partial charge in [-0.2, -0.15) is 0 Å². The summed E-state index contributed by atoms with van der Waals surface area (Å²) >= 11 is 0. The molecule has 3 nitrogen and oxygen atoms in total. The van der Waals surface area contributed by atoms with Crippen molar-refractivity contribution in [3.8, 4) is 0 Å². The molecule has 1 amide bonds. The highest BCUT2D eigenvalue weighted by atomic mass is 16.6. The molecular formula is C18H27NO2. The second-order valence-electron chi connectivity index (χ2n) is 7.12. The summed E-state index contributed by atoms with van der Waals surface area (Å²) in [7, 11) is 0. The monoisotopic (exact) mass is 289 g/mol. The zero-order valence-electron chi connectivity index (χ0n) is 13.4. The van der Waals surface area contributed by atoms with E-state index >= 15 is 0 Å². The smallest absolute Gasteiger partial charge is 0.407 e. The van der Waals surface area contributed by atoms with Crippen LogP contribution in [0.15, 0.2) is 30.3 Å². The van der Waals surface area contributed by atoms with Crippen LogP contribution >= 0.6 is 0 Å². The van der Waals surface area contributed by atoms with Crippen LogP contribution in [-0.4, -0.2) is 18.2 Å². The van der Waals surface area contributed by atoms with Crippen LogP contribution in [0.2, 0.25) is 0 Å². The normalized spacial score (nSPS) is 22.0. The minimum atomic E-state index is -0.421. The summed E-state index contributed by atoms with van der Waals surface area (Å²) in [5, 5.41) is 2.90. The lowest BCUT2D eigenvalue weighted by atomic mass is 9.97. The van der Waals surface area contributed by atoms with Gasteiger partial charge in [0.15, 0.2) is 0 Å². The predicted molar refractivity (Wildman–Crippen MR) is 85.2 cm³/mol. The SMILES string of the molecule is CC(C)(C)OC(=O)NCC1CCC(Cc2ccccc2)C1. The maximum atomic E-state index is 11.7. The quantitative estimate of drug-likeness (QED) is 0.903. The van der Waals surface area contributed by atoms with Gasteiger partial charge in [-0.3, -0.25) is 0 Å². The van der Waals surface area contributed by atoms with Gasteiger partial charge < -0.3 is 10.1 Å². The van der Waals surface area contributed by atoms with Crippen molar-refractivity contribution in [3.05, 3.63) is 35.9 Å². The fourth-order valence-electron chi connectivity index (χ4n) is 3.04. The molecular weight excluding hydrogens is 262 g/mol. The summed E-state index contributed by atoms with van der Waals surface area (Å²) in [6.45, 7) is 6.40. The molecule has 2 rings (SSSR count). The fraction of sp³-hybridized carbons (Fsp3) is 0.611. The summed E-state index contributed by atoms with van der Waals surface area (Å²) in [4.78, 5) is 11.7. The third-order valence-corrected chi connectivity index (χ3v) is 3.95. The Kier molecular flexibility index (Phi) is 5.27. The number of alkyl carbamates (subject to hydrolysis) is 1. The molecule has 3 heteroatoms. The minimum Gasteiger partial charge on any atom is -0.444 e. The lowest BCUT2D eigenvalue weighted by molar-refractivity contribution is 0.0519. The van der Waals surface area contributed by atoms with E-state index in [4.69, 9.17) is 4.74 Å². The van der Waals surface area contributed by atoms with E-state index in [9.17, 15) is 4.79 Å². The average molecular weight is 289 g/mol. The average Bonchev–Trinajstić information content (AvgIpc) is 2.83. The van der Waals surface area contributed by atoms with Gasteiger partial charge in [0, 0.05) is 6.54 Å². The zero-order chi connectivity index (χ0) is 15.3. The van der Waals surface area contributed by atoms with Gasteiger partial charge in [-0.25, -0.2) is 4.79 Å². The summed E-state index contributed by atoms with van der Waals surface area (Å²) < 4.78 is 5.27. The Hall–Kier alpha value is -1.51. The van der Waals surface area contributed by atoms with Crippen molar-refractivity contribution in [2.45, 2.75) is 52.1 Å². The van der Waals surface area contributed by atoms with E-state index in [0.717, 1.165) is 18.9 Å². The third-order valence-electron chi connectivity index (χ3n) is 3.95. The van der Waals surface area contributed by atoms with E-state index in [-0.39, 0.29) is 6.09 Å². The van der Waals surface area contributed by atoms with Crippen molar-refractivity contribution in [1.82, 2.24) is 5.32 Å². The van der Waals surface area contributed by atoms with Gasteiger partial charge >= 0.3 is 6.09 Å². The number of hydrogen-bond donors (Lipinski definition) is 1. The zero-order valence-corrected chi connectivity index (χ0v) is 13.4. The fourth-order valence-corrected chi connectivity index (χ4v) is 3.04. The topological polar surface area (TPSA) is 38.3 Å². The molecule has 0 heterocycles. The molecule has 0 bridgehead atoms. The maximum absolute atomic E-state index is 11.7. The van der Waals surface area contributed by atoms with Crippen LogP contribution in [0.5, 0.6) is 0 Å². The Balaban J connectivity index is 1.69. The standard InChI is InChI=1S/C18H27NO2/c1-18(2,3)21-17(20)19-13-16-10-9-15(12-16)11-14-7-5-4-6-8-14/h4-8,15-16H,9-13H2,1-3H3,(H,19,20). The molecule has 2 unspecified atom stereocenters. The molecule has 1 aliphatic rings. The molecule has 1 N–H and O–H groups in total. The Bertz CT molecular complexity index is 450. The van der Waals surface area contributed by atoms with E-state index in [1.54, 1.807) is 0 Å². The van der Waals surface area contributed by atoms with Gasteiger partial charge in [0.25, 0.3) is 0 Å². The molecule has 0 saturated heterocycles. The van der Waals surface area contributed by atoms with Crippen LogP contribution in [0.25, 0.3) is 0 Å². The molecule has 116 valence electrons. The first-order chi connectivity index (χ1) is 9.92. The number of carbonyl (C=O) groups excluding carboxylic acids is 1. The van der Waals surface area contributed by atoms with Crippen LogP contribution < -0.4 is 5.32 Å². The highest BCUT2D eigenvalue weighted by Gasteiger charge is 2.25. The van der Waals surface area contributed by atoms with Crippen molar-refractivity contribution >= 4 is 6.09 Å². The summed E-state index contributed by atoms with van der Waals surface area (Å²) in [6.07, 6.45) is 4.52. The Morgan fingerprint density at radius 1 is 1.19 bits per heavy atom. The molecule has 1 aromatic carbocycles. The van der Waals surface area contributed by atoms with E-state index in [1.807, 2.05) is 20.8 Å². The van der Waals surface area contributed by atoms with Crippen molar-refractivity contribution < 1.29 is 9.53 Å². The Morgan fingerprint density at radius 3 is 2.52 bits per heavy atom. The Labute approximate surface area is 128 Å². The predicted octanol–water partition coefficient (Wildman–Crippen LogP) is 4.17. The number of nitrogens with one attached hydrogen (secondary N) is 1. The molecule has 1 aliphatic carbocycles. The first-order valence-corrected chi connectivity index (χ1v) is 7.93. The van der Waals surface area contributed by atoms with Crippen molar-refractivity contribution in [1.29, 1.82) is 0 Å². The Morgan fingerprint density at radius 2 is 1.86 bits per heavy atom. The van der Waals surface area contributed by atoms with Crippen molar-refractivity contribution in [2.24, 2.45) is 11.8 Å². The number of carbonyl (C=O) groups is 1. The molecule has 21 heavy (non-hydrogen) atoms. The lowest BCUT2D eigenvalue weighted by Gasteiger charge is -2.20. The van der Waals surface area contributed by atoms with Crippen LogP contribution in [0.4, 0.5) is 4.79 Å². The number of amides is 1. The van der Waals surface area contributed by atoms with E-state index in [0.29, 0.717) is 5.92 Å². The molecule has 1 fully saturated rings. The first-order valence-electron chi connectivity index (χ1n) is 7.93. The highest BCUT2D eigenvalue weighted by Crippen LogP contribution is 2.32. The van der Waals surface area contributed by atoms with Gasteiger partial charge in [-0.1, -0.05) is 30.3 Å². The van der Waals surface area contributed by atoms with E-state index in [2.05, 4.69) is 35.6 Å². The highest BCUT2D eigenvalue weighted by molar-refractivity contribution is 5.67. The van der Waals surface area contributed by atoms with Crippen LogP contribution in [-0.2, 0) is 11.2 Å². The molecule has 0 radical (unpaired) electrons. The number of rotatable bonds is 4. The summed E-state index contributed by atoms with van der Waals surface area (Å²) in [6, 6.07) is 10.7. The maximum Gasteiger partial charge on any atom is 0.407 e. The second-order valence-corrected chi connectivity index (χ2v) is 7.12. The molecule has 1 saturated carbocycles. The van der Waals surface area contributed by atoms with E-state index in [1.165, 1.54) is 24.8 Å². The molecule has 1 aromatic rings. The van der Waals surface area contributed by atoms with E-state index < -0.39 is 5.60 Å². The summed E-state index contributed by atoms with van der Waals surface area (Å²) in [5.41, 5.74) is 0.999. The second kappa shape index (κ2) is 6.97. The van der Waals surface area contributed by atoms with Gasteiger partial charge in [-0.05, 0) is 63.9 Å². The van der Waals surface area contributed by atoms with Crippen LogP contribution in [0.3, 0.4) is 0 Å². The van der Waals surface area contributed by atoms with Crippen molar-refractivity contribution in [2.75, 3.05) is 6.54 Å². The van der Waals surface area contributed by atoms with Gasteiger partial charge in [-0.15, -0.1) is 0 Å². The van der Waals surface area contributed by atoms with Gasteiger partial charge in [0.2, 0.25) is 0 Å². The van der Waals surface area contributed by atoms with Gasteiger partial charge in [0.1, 0.15) is 5.60 Å². The first kappa shape index (κ1) is 15.9. The molecule has 2 atom stereocenters. The molecule has 0 spiro atoms. The number of benzene rings is 1. The number of ether oxygens (including phenoxy) is 1. The summed E-state index contributed by atoms with van der Waals surface area (Å²) in [5.74, 6) is 1.34. The minimum absolute atomic E-state index is 0.297. The molecule has 0 aliphatic heterocycles. The van der Waals surface area contributed by atoms with Crippen molar-refractivity contribution in [3.63, 3.8) is 0 Å². The number of hydrogen-bond acceptors (Lipinski definition) is 2. The lowest BCUT2D eigenvalue weighted by Crippen LogP contribution is -2.34.